The van der Waals surface area contributed by atoms with E-state index in [-0.39, 0.29) is 18.3 Å². The van der Waals surface area contributed by atoms with Gasteiger partial charge in [0.2, 0.25) is 5.91 Å². The number of amides is 1. The summed E-state index contributed by atoms with van der Waals surface area (Å²) in [6.45, 7) is 2.27. The minimum Gasteiger partial charge on any atom is -0.479 e. The minimum atomic E-state index is -1.16. The molecule has 0 saturated heterocycles. The predicted molar refractivity (Wildman–Crippen MR) is 153 cm³/mol. The van der Waals surface area contributed by atoms with Gasteiger partial charge in [0.1, 0.15) is 22.9 Å². The van der Waals surface area contributed by atoms with Gasteiger partial charge < -0.3 is 20.5 Å². The summed E-state index contributed by atoms with van der Waals surface area (Å²) in [5, 5.41) is 18.3. The van der Waals surface area contributed by atoms with E-state index in [0.717, 1.165) is 48.8 Å². The van der Waals surface area contributed by atoms with Gasteiger partial charge in [0.15, 0.2) is 0 Å². The van der Waals surface area contributed by atoms with Crippen molar-refractivity contribution in [3.8, 4) is 22.6 Å². The van der Waals surface area contributed by atoms with E-state index < -0.39 is 11.5 Å². The molecule has 0 unspecified atom stereocenters. The lowest BCUT2D eigenvalue weighted by atomic mass is 9.79. The molecular weight excluding hydrogens is 490 g/mol. The van der Waals surface area contributed by atoms with E-state index in [1.807, 2.05) is 67.6 Å². The molecule has 3 aromatic rings. The first-order chi connectivity index (χ1) is 18.8. The second kappa shape index (κ2) is 12.6. The third-order valence-corrected chi connectivity index (χ3v) is 7.51. The molecule has 1 aliphatic rings. The van der Waals surface area contributed by atoms with E-state index in [2.05, 4.69) is 0 Å². The molecule has 0 bridgehead atoms. The Bertz CT molecular complexity index is 1300. The lowest BCUT2D eigenvalue weighted by molar-refractivity contribution is -0.163. The number of aliphatic carboxylic acids is 1. The summed E-state index contributed by atoms with van der Waals surface area (Å²) in [6, 6.07) is 22.6. The number of carboxylic acids is 1. The number of unbranched alkanes of at least 4 members (excludes halogenated alkanes) is 1. The smallest absolute Gasteiger partial charge is 0.329 e. The molecule has 0 heterocycles. The molecule has 0 atom stereocenters. The molecule has 1 aliphatic carbocycles. The monoisotopic (exact) mass is 527 g/mol. The number of carbonyl (C=O) groups is 2. The maximum atomic E-state index is 13.3. The second-order valence-corrected chi connectivity index (χ2v) is 10.2. The van der Waals surface area contributed by atoms with Crippen molar-refractivity contribution in [1.29, 1.82) is 5.41 Å². The second-order valence-electron chi connectivity index (χ2n) is 10.2. The molecule has 0 radical (unpaired) electrons. The van der Waals surface area contributed by atoms with E-state index >= 15 is 0 Å². The molecule has 7 nitrogen and oxygen atoms in total. The highest BCUT2D eigenvalue weighted by Gasteiger charge is 2.46. The topological polar surface area (TPSA) is 117 Å². The van der Waals surface area contributed by atoms with Crippen LogP contribution < -0.4 is 10.5 Å². The number of amidine groups is 1. The van der Waals surface area contributed by atoms with Crippen LogP contribution in [0.5, 0.6) is 11.5 Å². The Labute approximate surface area is 230 Å². The SMILES string of the molecule is CCCCC(=O)N(Cc1ccc(-c2cc(Oc3ccccc3)ccc2C(=N)N)cc1)C1(C(=O)O)CCCCC1. The highest BCUT2D eigenvalue weighted by molar-refractivity contribution is 6.01. The fourth-order valence-corrected chi connectivity index (χ4v) is 5.33. The van der Waals surface area contributed by atoms with Gasteiger partial charge in [-0.2, -0.15) is 0 Å². The van der Waals surface area contributed by atoms with Crippen molar-refractivity contribution in [3.05, 3.63) is 83.9 Å². The zero-order valence-corrected chi connectivity index (χ0v) is 22.5. The lowest BCUT2D eigenvalue weighted by Crippen LogP contribution is -2.57. The van der Waals surface area contributed by atoms with Crippen LogP contribution in [0.3, 0.4) is 0 Å². The van der Waals surface area contributed by atoms with E-state index in [1.165, 1.54) is 0 Å². The number of hydrogen-bond donors (Lipinski definition) is 3. The van der Waals surface area contributed by atoms with Gasteiger partial charge in [0.05, 0.1) is 0 Å². The lowest BCUT2D eigenvalue weighted by Gasteiger charge is -2.43. The first-order valence-electron chi connectivity index (χ1n) is 13.7. The van der Waals surface area contributed by atoms with Crippen LogP contribution in [-0.4, -0.2) is 33.3 Å². The number of carboxylic acid groups (broad SMARTS) is 1. The molecule has 0 spiro atoms. The summed E-state index contributed by atoms with van der Waals surface area (Å²) >= 11 is 0. The number of ether oxygens (including phenoxy) is 1. The molecule has 0 aliphatic heterocycles. The van der Waals surface area contributed by atoms with Crippen LogP contribution in [0.4, 0.5) is 0 Å². The highest BCUT2D eigenvalue weighted by Crippen LogP contribution is 2.37. The molecule has 1 saturated carbocycles. The van der Waals surface area contributed by atoms with Gasteiger partial charge in [-0.1, -0.05) is 75.1 Å². The third kappa shape index (κ3) is 6.48. The normalized spacial score (nSPS) is 14.4. The van der Waals surface area contributed by atoms with Crippen molar-refractivity contribution in [1.82, 2.24) is 4.90 Å². The van der Waals surface area contributed by atoms with Crippen molar-refractivity contribution >= 4 is 17.7 Å². The summed E-state index contributed by atoms with van der Waals surface area (Å²) in [4.78, 5) is 27.5. The molecule has 4 rings (SSSR count). The number of nitrogens with two attached hydrogens (primary N) is 1. The van der Waals surface area contributed by atoms with Gasteiger partial charge in [0.25, 0.3) is 0 Å². The van der Waals surface area contributed by atoms with Crippen LogP contribution in [0, 0.1) is 5.41 Å². The summed E-state index contributed by atoms with van der Waals surface area (Å²) < 4.78 is 6.00. The molecule has 0 aromatic heterocycles. The van der Waals surface area contributed by atoms with Crippen LogP contribution in [0.25, 0.3) is 11.1 Å². The van der Waals surface area contributed by atoms with E-state index in [1.54, 1.807) is 17.0 Å². The third-order valence-electron chi connectivity index (χ3n) is 7.51. The fourth-order valence-electron chi connectivity index (χ4n) is 5.33. The van der Waals surface area contributed by atoms with Gasteiger partial charge in [-0.15, -0.1) is 0 Å². The number of carbonyl (C=O) groups excluding carboxylic acids is 1. The van der Waals surface area contributed by atoms with Crippen LogP contribution in [0.1, 0.15) is 69.4 Å². The Morgan fingerprint density at radius 2 is 1.67 bits per heavy atom. The maximum absolute atomic E-state index is 13.3. The molecule has 1 amide bonds. The van der Waals surface area contributed by atoms with E-state index in [0.29, 0.717) is 36.3 Å². The molecule has 4 N–H and O–H groups in total. The number of nitrogen functional groups attached to an aromatic ring is 1. The zero-order chi connectivity index (χ0) is 27.8. The first-order valence-corrected chi connectivity index (χ1v) is 13.7. The van der Waals surface area contributed by atoms with Crippen LogP contribution in [0.2, 0.25) is 0 Å². The molecule has 1 fully saturated rings. The van der Waals surface area contributed by atoms with Crippen molar-refractivity contribution in [2.24, 2.45) is 5.73 Å². The average Bonchev–Trinajstić information content (AvgIpc) is 2.95. The standard InChI is InChI=1S/C32H37N3O4/c1-2-3-12-29(36)35(32(31(37)38)19-8-5-9-20-32)22-23-13-15-24(16-14-23)28-21-26(17-18-27(28)30(33)34)39-25-10-6-4-7-11-25/h4,6-7,10-11,13-18,21H,2-3,5,8-9,12,19-20,22H2,1H3,(H3,33,34)(H,37,38). The Hall–Kier alpha value is -4.13. The average molecular weight is 528 g/mol. The summed E-state index contributed by atoms with van der Waals surface area (Å²) in [6.07, 6.45) is 5.52. The van der Waals surface area contributed by atoms with Crippen molar-refractivity contribution in [2.45, 2.75) is 70.4 Å². The van der Waals surface area contributed by atoms with Crippen LogP contribution >= 0.6 is 0 Å². The predicted octanol–water partition coefficient (Wildman–Crippen LogP) is 6.74. The summed E-state index contributed by atoms with van der Waals surface area (Å²) in [7, 11) is 0. The molecule has 7 heteroatoms. The largest absolute Gasteiger partial charge is 0.479 e. The first kappa shape index (κ1) is 27.9. The highest BCUT2D eigenvalue weighted by atomic mass is 16.5. The van der Waals surface area contributed by atoms with Crippen molar-refractivity contribution in [2.75, 3.05) is 0 Å². The van der Waals surface area contributed by atoms with Gasteiger partial charge in [0, 0.05) is 18.5 Å². The number of hydrogen-bond acceptors (Lipinski definition) is 4. The Kier molecular flexibility index (Phi) is 9.02. The van der Waals surface area contributed by atoms with E-state index in [4.69, 9.17) is 15.9 Å². The Morgan fingerprint density at radius 1 is 0.974 bits per heavy atom. The quantitative estimate of drug-likeness (QED) is 0.189. The van der Waals surface area contributed by atoms with Crippen LogP contribution in [0.15, 0.2) is 72.8 Å². The van der Waals surface area contributed by atoms with Crippen molar-refractivity contribution in [3.63, 3.8) is 0 Å². The summed E-state index contributed by atoms with van der Waals surface area (Å²) in [5.41, 5.74) is 7.78. The molecular formula is C32H37N3O4. The Balaban J connectivity index is 1.63. The zero-order valence-electron chi connectivity index (χ0n) is 22.5. The molecule has 39 heavy (non-hydrogen) atoms. The Morgan fingerprint density at radius 3 is 2.28 bits per heavy atom. The number of para-hydroxylation sites is 1. The van der Waals surface area contributed by atoms with Gasteiger partial charge in [-0.3, -0.25) is 10.2 Å². The summed E-state index contributed by atoms with van der Waals surface area (Å²) in [5.74, 6) is 0.268. The van der Waals surface area contributed by atoms with Crippen molar-refractivity contribution < 1.29 is 19.4 Å². The van der Waals surface area contributed by atoms with Crippen LogP contribution in [-0.2, 0) is 16.1 Å². The minimum absolute atomic E-state index is 0.0475. The fraction of sp³-hybridized carbons (Fsp3) is 0.344. The number of nitrogens with one attached hydrogen (secondary N) is 1. The van der Waals surface area contributed by atoms with Gasteiger partial charge in [-0.25, -0.2) is 4.79 Å². The molecule has 3 aromatic carbocycles. The number of rotatable bonds is 11. The molecule has 204 valence electrons. The van der Waals surface area contributed by atoms with E-state index in [9.17, 15) is 14.7 Å². The van der Waals surface area contributed by atoms with Gasteiger partial charge >= 0.3 is 5.97 Å². The number of nitrogens with zero attached hydrogens (tertiary/aromatic N) is 1. The van der Waals surface area contributed by atoms with Gasteiger partial charge in [-0.05, 0) is 66.3 Å². The maximum Gasteiger partial charge on any atom is 0.329 e. The number of benzene rings is 3.